The zero-order valence-corrected chi connectivity index (χ0v) is 11.0. The Morgan fingerprint density at radius 1 is 1.32 bits per heavy atom. The highest BCUT2D eigenvalue weighted by molar-refractivity contribution is 5.49. The van der Waals surface area contributed by atoms with Gasteiger partial charge in [0.05, 0.1) is 7.11 Å². The molecule has 0 aliphatic heterocycles. The Balaban J connectivity index is 2.75. The van der Waals surface area contributed by atoms with Crippen molar-refractivity contribution < 1.29 is 4.74 Å². The van der Waals surface area contributed by atoms with Gasteiger partial charge >= 0.3 is 0 Å². The second-order valence-electron chi connectivity index (χ2n) is 4.20. The van der Waals surface area contributed by atoms with Crippen molar-refractivity contribution >= 4 is 0 Å². The van der Waals surface area contributed by atoms with Crippen LogP contribution in [-0.2, 0) is 0 Å². The molecule has 0 aliphatic carbocycles. The fourth-order valence-electron chi connectivity index (χ4n) is 1.83. The molecule has 96 valence electrons. The monoisotopic (exact) mass is 255 g/mol. The molecule has 5 nitrogen and oxygen atoms in total. The minimum absolute atomic E-state index is 0.130. The van der Waals surface area contributed by atoms with E-state index in [0.29, 0.717) is 17.1 Å². The highest BCUT2D eigenvalue weighted by Crippen LogP contribution is 2.23. The van der Waals surface area contributed by atoms with E-state index in [1.165, 1.54) is 6.07 Å². The number of hydrogen-bond donors (Lipinski definition) is 0. The quantitative estimate of drug-likeness (QED) is 0.819. The lowest BCUT2D eigenvalue weighted by atomic mass is 10.2. The van der Waals surface area contributed by atoms with Gasteiger partial charge in [0.15, 0.2) is 0 Å². The molecule has 1 heterocycles. The van der Waals surface area contributed by atoms with Gasteiger partial charge in [0, 0.05) is 11.8 Å². The van der Waals surface area contributed by atoms with Crippen LogP contribution in [0.3, 0.4) is 0 Å². The summed E-state index contributed by atoms with van der Waals surface area (Å²) < 4.78 is 6.84. The van der Waals surface area contributed by atoms with Gasteiger partial charge in [-0.15, -0.1) is 0 Å². The normalized spacial score (nSPS) is 10.0. The lowest BCUT2D eigenvalue weighted by Gasteiger charge is -2.13. The minimum Gasteiger partial charge on any atom is -0.494 e. The zero-order chi connectivity index (χ0) is 14.0. The summed E-state index contributed by atoms with van der Waals surface area (Å²) in [7, 11) is 1.57. The van der Waals surface area contributed by atoms with Gasteiger partial charge in [-0.25, -0.2) is 4.68 Å². The molecule has 0 saturated heterocycles. The molecule has 0 radical (unpaired) electrons. The number of rotatable bonds is 2. The van der Waals surface area contributed by atoms with E-state index in [2.05, 4.69) is 5.10 Å². The standard InChI is InChI=1S/C14H13N3O2/c1-9-4-5-14(19-3)12(6-9)17-10(2)7-13(18)11(8-15)16-17/h4-7H,1-3H3. The average Bonchev–Trinajstić information content (AvgIpc) is 2.39. The van der Waals surface area contributed by atoms with Crippen LogP contribution in [0.1, 0.15) is 17.0 Å². The Labute approximate surface area is 110 Å². The number of benzene rings is 1. The largest absolute Gasteiger partial charge is 0.494 e. The van der Waals surface area contributed by atoms with Crippen LogP contribution < -0.4 is 10.2 Å². The Bertz CT molecular complexity index is 726. The summed E-state index contributed by atoms with van der Waals surface area (Å²) in [5.41, 5.74) is 1.88. The predicted octanol–water partition coefficient (Wildman–Crippen LogP) is 1.73. The maximum atomic E-state index is 11.5. The third-order valence-electron chi connectivity index (χ3n) is 2.78. The third-order valence-corrected chi connectivity index (χ3v) is 2.78. The van der Waals surface area contributed by atoms with E-state index in [-0.39, 0.29) is 11.1 Å². The Kier molecular flexibility index (Phi) is 3.34. The molecule has 0 saturated carbocycles. The van der Waals surface area contributed by atoms with E-state index in [1.54, 1.807) is 24.8 Å². The first kappa shape index (κ1) is 12.8. The fourth-order valence-corrected chi connectivity index (χ4v) is 1.83. The zero-order valence-electron chi connectivity index (χ0n) is 11.0. The van der Waals surface area contributed by atoms with Gasteiger partial charge in [-0.1, -0.05) is 6.07 Å². The number of nitrogens with zero attached hydrogens (tertiary/aromatic N) is 3. The van der Waals surface area contributed by atoms with Crippen LogP contribution in [0.25, 0.3) is 5.69 Å². The highest BCUT2D eigenvalue weighted by atomic mass is 16.5. The van der Waals surface area contributed by atoms with Crippen molar-refractivity contribution in [1.82, 2.24) is 9.78 Å². The number of aryl methyl sites for hydroxylation is 2. The van der Waals surface area contributed by atoms with Gasteiger partial charge in [-0.05, 0) is 31.5 Å². The van der Waals surface area contributed by atoms with Gasteiger partial charge in [0.2, 0.25) is 11.1 Å². The second kappa shape index (κ2) is 4.94. The van der Waals surface area contributed by atoms with E-state index in [0.717, 1.165) is 5.56 Å². The van der Waals surface area contributed by atoms with Crippen molar-refractivity contribution in [2.75, 3.05) is 7.11 Å². The molecule has 5 heteroatoms. The SMILES string of the molecule is COc1ccc(C)cc1-n1nc(C#N)c(=O)cc1C. The van der Waals surface area contributed by atoms with Crippen LogP contribution >= 0.6 is 0 Å². The first-order valence-corrected chi connectivity index (χ1v) is 5.73. The summed E-state index contributed by atoms with van der Waals surface area (Å²) in [5.74, 6) is 0.633. The molecular weight excluding hydrogens is 242 g/mol. The Morgan fingerprint density at radius 2 is 2.05 bits per heavy atom. The number of hydrogen-bond acceptors (Lipinski definition) is 4. The summed E-state index contributed by atoms with van der Waals surface area (Å²) in [6.07, 6.45) is 0. The minimum atomic E-state index is -0.372. The van der Waals surface area contributed by atoms with Crippen LogP contribution in [0, 0.1) is 25.2 Å². The fraction of sp³-hybridized carbons (Fsp3) is 0.214. The summed E-state index contributed by atoms with van der Waals surface area (Å²) in [6.45, 7) is 3.71. The number of ether oxygens (including phenoxy) is 1. The summed E-state index contributed by atoms with van der Waals surface area (Å²) in [5, 5.41) is 13.0. The lowest BCUT2D eigenvalue weighted by Crippen LogP contribution is -2.17. The van der Waals surface area contributed by atoms with E-state index in [1.807, 2.05) is 25.1 Å². The van der Waals surface area contributed by atoms with Crippen molar-refractivity contribution in [3.8, 4) is 17.5 Å². The van der Waals surface area contributed by atoms with Crippen molar-refractivity contribution in [3.05, 3.63) is 51.4 Å². The smallest absolute Gasteiger partial charge is 0.218 e. The number of methoxy groups -OCH3 is 1. The van der Waals surface area contributed by atoms with Crippen LogP contribution in [0.2, 0.25) is 0 Å². The number of nitriles is 1. The van der Waals surface area contributed by atoms with E-state index in [4.69, 9.17) is 10.00 Å². The van der Waals surface area contributed by atoms with Gasteiger partial charge in [-0.2, -0.15) is 10.4 Å². The van der Waals surface area contributed by atoms with Crippen LogP contribution in [0.15, 0.2) is 29.1 Å². The maximum absolute atomic E-state index is 11.5. The number of aromatic nitrogens is 2. The molecule has 0 atom stereocenters. The molecule has 2 aromatic rings. The topological polar surface area (TPSA) is 67.9 Å². The van der Waals surface area contributed by atoms with Crippen molar-refractivity contribution in [2.24, 2.45) is 0 Å². The predicted molar refractivity (Wildman–Crippen MR) is 70.6 cm³/mol. The summed E-state index contributed by atoms with van der Waals surface area (Å²) >= 11 is 0. The molecule has 0 bridgehead atoms. The van der Waals surface area contributed by atoms with Gasteiger partial charge in [0.1, 0.15) is 17.5 Å². The molecular formula is C14H13N3O2. The molecule has 1 aromatic carbocycles. The van der Waals surface area contributed by atoms with E-state index >= 15 is 0 Å². The van der Waals surface area contributed by atoms with Gasteiger partial charge in [-0.3, -0.25) is 4.79 Å². The molecule has 0 spiro atoms. The molecule has 1 aromatic heterocycles. The molecule has 0 amide bonds. The van der Waals surface area contributed by atoms with E-state index in [9.17, 15) is 4.79 Å². The second-order valence-corrected chi connectivity index (χ2v) is 4.20. The molecule has 0 aliphatic rings. The molecule has 0 unspecified atom stereocenters. The van der Waals surface area contributed by atoms with Crippen LogP contribution in [0.4, 0.5) is 0 Å². The van der Waals surface area contributed by atoms with Crippen LogP contribution in [-0.4, -0.2) is 16.9 Å². The molecule has 0 fully saturated rings. The van der Waals surface area contributed by atoms with Crippen molar-refractivity contribution in [2.45, 2.75) is 13.8 Å². The van der Waals surface area contributed by atoms with Crippen molar-refractivity contribution in [1.29, 1.82) is 5.26 Å². The summed E-state index contributed by atoms with van der Waals surface area (Å²) in [6, 6.07) is 8.84. The molecule has 2 rings (SSSR count). The van der Waals surface area contributed by atoms with E-state index < -0.39 is 0 Å². The first-order chi connectivity index (χ1) is 9.06. The molecule has 0 N–H and O–H groups in total. The van der Waals surface area contributed by atoms with Gasteiger partial charge < -0.3 is 4.74 Å². The maximum Gasteiger partial charge on any atom is 0.218 e. The Morgan fingerprint density at radius 3 is 2.68 bits per heavy atom. The van der Waals surface area contributed by atoms with Crippen LogP contribution in [0.5, 0.6) is 5.75 Å². The highest BCUT2D eigenvalue weighted by Gasteiger charge is 2.11. The average molecular weight is 255 g/mol. The first-order valence-electron chi connectivity index (χ1n) is 5.73. The molecule has 19 heavy (non-hydrogen) atoms. The van der Waals surface area contributed by atoms with Gasteiger partial charge in [0.25, 0.3) is 0 Å². The Hall–Kier alpha value is -2.61. The van der Waals surface area contributed by atoms with Crippen molar-refractivity contribution in [3.63, 3.8) is 0 Å². The summed E-state index contributed by atoms with van der Waals surface area (Å²) in [4.78, 5) is 11.5. The lowest BCUT2D eigenvalue weighted by molar-refractivity contribution is 0.411. The third kappa shape index (κ3) is 2.33.